The smallest absolute Gasteiger partial charge is 0.339 e. The molecule has 0 saturated heterocycles. The Morgan fingerprint density at radius 2 is 1.56 bits per heavy atom. The molecular weight excluding hydrogens is 456 g/mol. The summed E-state index contributed by atoms with van der Waals surface area (Å²) in [5, 5.41) is 12.0. The number of benzene rings is 3. The third-order valence-electron chi connectivity index (χ3n) is 4.64. The van der Waals surface area contributed by atoms with Crippen molar-refractivity contribution in [2.75, 3.05) is 12.4 Å². The molecule has 0 aliphatic carbocycles. The Bertz CT molecular complexity index is 1370. The van der Waals surface area contributed by atoms with Gasteiger partial charge in [-0.05, 0) is 67.1 Å². The summed E-state index contributed by atoms with van der Waals surface area (Å²) in [4.78, 5) is 24.0. The lowest BCUT2D eigenvalue weighted by Crippen LogP contribution is -2.13. The molecule has 0 atom stereocenters. The minimum atomic E-state index is -3.99. The average molecular weight is 477 g/mol. The number of esters is 1. The Morgan fingerprint density at radius 1 is 0.941 bits per heavy atom. The highest BCUT2D eigenvalue weighted by atomic mass is 32.2. The van der Waals surface area contributed by atoms with Gasteiger partial charge in [-0.25, -0.2) is 4.79 Å². The zero-order valence-electron chi connectivity index (χ0n) is 18.3. The van der Waals surface area contributed by atoms with Gasteiger partial charge in [-0.15, -0.1) is 0 Å². The van der Waals surface area contributed by atoms with Crippen molar-refractivity contribution in [2.24, 2.45) is 0 Å². The summed E-state index contributed by atoms with van der Waals surface area (Å²) in [5.41, 5.74) is 1.96. The fraction of sp³-hybridized carbons (Fsp3) is 0.0800. The Labute approximate surface area is 197 Å². The van der Waals surface area contributed by atoms with Gasteiger partial charge in [-0.1, -0.05) is 29.8 Å². The van der Waals surface area contributed by atoms with Gasteiger partial charge in [0, 0.05) is 5.69 Å². The summed E-state index contributed by atoms with van der Waals surface area (Å²) >= 11 is 0. The highest BCUT2D eigenvalue weighted by molar-refractivity contribution is 7.87. The van der Waals surface area contributed by atoms with Gasteiger partial charge in [0.2, 0.25) is 0 Å². The number of carbonyl (C=O) groups excluding carboxylic acids is 2. The minimum Gasteiger partial charge on any atom is -0.465 e. The first kappa shape index (κ1) is 24.2. The van der Waals surface area contributed by atoms with Crippen LogP contribution in [0.25, 0.3) is 6.08 Å². The van der Waals surface area contributed by atoms with E-state index in [0.29, 0.717) is 16.8 Å². The van der Waals surface area contributed by atoms with E-state index >= 15 is 0 Å². The van der Waals surface area contributed by atoms with E-state index in [1.807, 2.05) is 13.0 Å². The van der Waals surface area contributed by atoms with Crippen LogP contribution >= 0.6 is 0 Å². The van der Waals surface area contributed by atoms with Crippen LogP contribution < -0.4 is 9.50 Å². The first-order valence-corrected chi connectivity index (χ1v) is 11.4. The zero-order chi connectivity index (χ0) is 24.7. The summed E-state index contributed by atoms with van der Waals surface area (Å²) in [6.07, 6.45) is 1.36. The largest absolute Gasteiger partial charge is 0.465 e. The van der Waals surface area contributed by atoms with Gasteiger partial charge in [0.1, 0.15) is 22.3 Å². The lowest BCUT2D eigenvalue weighted by Gasteiger charge is -2.08. The number of nitrogens with zero attached hydrogens (tertiary/aromatic N) is 1. The molecule has 9 heteroatoms. The third kappa shape index (κ3) is 6.09. The normalized spacial score (nSPS) is 11.3. The highest BCUT2D eigenvalue weighted by Crippen LogP contribution is 2.21. The van der Waals surface area contributed by atoms with Crippen LogP contribution in [0.3, 0.4) is 0 Å². The first-order valence-electron chi connectivity index (χ1n) is 9.94. The number of nitriles is 1. The van der Waals surface area contributed by atoms with Crippen molar-refractivity contribution in [1.29, 1.82) is 5.26 Å². The maximum Gasteiger partial charge on any atom is 0.339 e. The van der Waals surface area contributed by atoms with E-state index in [4.69, 9.17) is 4.18 Å². The molecule has 34 heavy (non-hydrogen) atoms. The topological polar surface area (TPSA) is 123 Å². The van der Waals surface area contributed by atoms with E-state index in [-0.39, 0.29) is 16.2 Å². The zero-order valence-corrected chi connectivity index (χ0v) is 19.1. The molecule has 0 saturated carbocycles. The molecular formula is C25H20N2O6S. The van der Waals surface area contributed by atoms with Crippen molar-refractivity contribution >= 4 is 33.8 Å². The van der Waals surface area contributed by atoms with Gasteiger partial charge in [0.25, 0.3) is 5.91 Å². The summed E-state index contributed by atoms with van der Waals surface area (Å²) in [7, 11) is -2.72. The molecule has 0 unspecified atom stereocenters. The van der Waals surface area contributed by atoms with Crippen LogP contribution in [-0.2, 0) is 19.6 Å². The van der Waals surface area contributed by atoms with Crippen LogP contribution in [0.4, 0.5) is 5.69 Å². The molecule has 0 aliphatic rings. The van der Waals surface area contributed by atoms with E-state index in [9.17, 15) is 23.3 Å². The molecule has 0 bridgehead atoms. The molecule has 3 rings (SSSR count). The van der Waals surface area contributed by atoms with E-state index < -0.39 is 22.0 Å². The lowest BCUT2D eigenvalue weighted by molar-refractivity contribution is -0.112. The van der Waals surface area contributed by atoms with Crippen LogP contribution in [0.15, 0.2) is 83.3 Å². The second-order valence-corrected chi connectivity index (χ2v) is 8.66. The standard InChI is InChI=1S/C25H20N2O6S/c1-17-3-13-23(14-4-17)34(30,31)33-22-11-5-18(6-12-22)15-20(16-26)24(28)27-21-9-7-19(8-10-21)25(29)32-2/h3-15H,1-2H3,(H,27,28)/b20-15+. The van der Waals surface area contributed by atoms with Crippen LogP contribution in [0, 0.1) is 18.3 Å². The van der Waals surface area contributed by atoms with Gasteiger partial charge < -0.3 is 14.2 Å². The Balaban J connectivity index is 1.70. The number of hydrogen-bond donors (Lipinski definition) is 1. The molecule has 3 aromatic carbocycles. The van der Waals surface area contributed by atoms with Crippen molar-refractivity contribution in [2.45, 2.75) is 11.8 Å². The molecule has 0 aliphatic heterocycles. The van der Waals surface area contributed by atoms with Gasteiger partial charge >= 0.3 is 16.1 Å². The molecule has 0 radical (unpaired) electrons. The molecule has 0 heterocycles. The number of carbonyl (C=O) groups is 2. The maximum absolute atomic E-state index is 12.5. The van der Waals surface area contributed by atoms with Crippen molar-refractivity contribution in [3.05, 3.63) is 95.1 Å². The van der Waals surface area contributed by atoms with E-state index in [0.717, 1.165) is 5.56 Å². The van der Waals surface area contributed by atoms with Crippen molar-refractivity contribution in [3.8, 4) is 11.8 Å². The van der Waals surface area contributed by atoms with Gasteiger partial charge in [-0.2, -0.15) is 13.7 Å². The Kier molecular flexibility index (Phi) is 7.46. The predicted molar refractivity (Wildman–Crippen MR) is 125 cm³/mol. The summed E-state index contributed by atoms with van der Waals surface area (Å²) < 4.78 is 34.6. The second-order valence-electron chi connectivity index (χ2n) is 7.11. The molecule has 0 fully saturated rings. The lowest BCUT2D eigenvalue weighted by atomic mass is 10.1. The molecule has 1 amide bonds. The number of rotatable bonds is 7. The average Bonchev–Trinajstić information content (AvgIpc) is 2.83. The number of hydrogen-bond acceptors (Lipinski definition) is 7. The monoisotopic (exact) mass is 476 g/mol. The van der Waals surface area contributed by atoms with E-state index in [1.165, 1.54) is 73.8 Å². The highest BCUT2D eigenvalue weighted by Gasteiger charge is 2.16. The quantitative estimate of drug-likeness (QED) is 0.236. The van der Waals surface area contributed by atoms with Gasteiger partial charge in [0.05, 0.1) is 12.7 Å². The number of ether oxygens (including phenoxy) is 1. The fourth-order valence-corrected chi connectivity index (χ4v) is 3.75. The molecule has 1 N–H and O–H groups in total. The number of aryl methyl sites for hydroxylation is 1. The van der Waals surface area contributed by atoms with Crippen LogP contribution in [0.5, 0.6) is 5.75 Å². The van der Waals surface area contributed by atoms with Gasteiger partial charge in [-0.3, -0.25) is 4.79 Å². The molecule has 3 aromatic rings. The summed E-state index contributed by atoms with van der Waals surface area (Å²) in [6, 6.07) is 20.0. The summed E-state index contributed by atoms with van der Waals surface area (Å²) in [6.45, 7) is 1.85. The Morgan fingerprint density at radius 3 is 2.12 bits per heavy atom. The predicted octanol–water partition coefficient (Wildman–Crippen LogP) is 4.10. The number of anilines is 1. The fourth-order valence-electron chi connectivity index (χ4n) is 2.82. The van der Waals surface area contributed by atoms with Crippen molar-refractivity contribution in [3.63, 3.8) is 0 Å². The van der Waals surface area contributed by atoms with Crippen LogP contribution in [0.2, 0.25) is 0 Å². The minimum absolute atomic E-state index is 0.0325. The molecule has 0 spiro atoms. The number of nitrogens with one attached hydrogen (secondary N) is 1. The van der Waals surface area contributed by atoms with Gasteiger partial charge in [0.15, 0.2) is 0 Å². The number of amides is 1. The summed E-state index contributed by atoms with van der Waals surface area (Å²) in [5.74, 6) is -1.06. The van der Waals surface area contributed by atoms with Crippen molar-refractivity contribution in [1.82, 2.24) is 0 Å². The third-order valence-corrected chi connectivity index (χ3v) is 5.90. The SMILES string of the molecule is COC(=O)c1ccc(NC(=O)/C(C#N)=C/c2ccc(OS(=O)(=O)c3ccc(C)cc3)cc2)cc1. The number of methoxy groups -OCH3 is 1. The second kappa shape index (κ2) is 10.5. The molecule has 0 aromatic heterocycles. The Hall–Kier alpha value is -4.42. The van der Waals surface area contributed by atoms with E-state index in [1.54, 1.807) is 12.1 Å². The first-order chi connectivity index (χ1) is 16.2. The molecule has 172 valence electrons. The van der Waals surface area contributed by atoms with Crippen LogP contribution in [-0.4, -0.2) is 27.4 Å². The maximum atomic E-state index is 12.5. The van der Waals surface area contributed by atoms with E-state index in [2.05, 4.69) is 10.1 Å². The van der Waals surface area contributed by atoms with Crippen LogP contribution in [0.1, 0.15) is 21.5 Å². The van der Waals surface area contributed by atoms with Crippen molar-refractivity contribution < 1.29 is 26.9 Å². The molecule has 8 nitrogen and oxygen atoms in total.